The molecule has 6 nitrogen and oxygen atoms in total. The third-order valence-corrected chi connectivity index (χ3v) is 12.8. The molecule has 4 saturated heterocycles. The van der Waals surface area contributed by atoms with E-state index in [0.29, 0.717) is 41.8 Å². The fourth-order valence-electron chi connectivity index (χ4n) is 9.62. The first-order chi connectivity index (χ1) is 21.5. The van der Waals surface area contributed by atoms with Crippen molar-refractivity contribution in [3.63, 3.8) is 0 Å². The van der Waals surface area contributed by atoms with Gasteiger partial charge in [0.15, 0.2) is 0 Å². The number of nitrogens with zero attached hydrogens (tertiary/aromatic N) is 2. The number of hydrogen-bond acceptors (Lipinski definition) is 4. The first-order valence-corrected chi connectivity index (χ1v) is 17.5. The van der Waals surface area contributed by atoms with Crippen LogP contribution in [-0.2, 0) is 19.1 Å². The molecule has 0 radical (unpaired) electrons. The van der Waals surface area contributed by atoms with Gasteiger partial charge in [-0.05, 0) is 38.8 Å². The normalized spacial score (nSPS) is 33.5. The topological polar surface area (TPSA) is 52.6 Å². The maximum atomic E-state index is 14.1. The number of benzene rings is 2. The second kappa shape index (κ2) is 15.3. The number of halogens is 2. The third-order valence-electron chi connectivity index (χ3n) is 12.8. The van der Waals surface area contributed by atoms with Gasteiger partial charge < -0.3 is 52.4 Å². The van der Waals surface area contributed by atoms with Crippen LogP contribution in [0.1, 0.15) is 96.1 Å². The molecule has 4 aliphatic heterocycles. The van der Waals surface area contributed by atoms with Gasteiger partial charge in [-0.2, -0.15) is 0 Å². The van der Waals surface area contributed by atoms with Crippen molar-refractivity contribution in [1.82, 2.24) is 0 Å². The first-order valence-electron chi connectivity index (χ1n) is 17.5. The molecule has 0 spiro atoms. The highest BCUT2D eigenvalue weighted by atomic mass is 79.9. The molecule has 4 fully saturated rings. The predicted octanol–water partition coefficient (Wildman–Crippen LogP) is 1.05. The van der Waals surface area contributed by atoms with E-state index in [1.54, 1.807) is 0 Å². The van der Waals surface area contributed by atoms with E-state index in [2.05, 4.69) is 41.8 Å². The van der Waals surface area contributed by atoms with Crippen LogP contribution in [0.25, 0.3) is 5.57 Å². The molecule has 2 aromatic rings. The highest BCUT2D eigenvalue weighted by Crippen LogP contribution is 2.45. The number of carbonyl (C=O) groups excluding carboxylic acids is 2. The number of piperidine rings is 2. The highest BCUT2D eigenvalue weighted by molar-refractivity contribution is 6.17. The average Bonchev–Trinajstić information content (AvgIpc) is 3.29. The van der Waals surface area contributed by atoms with Gasteiger partial charge in [0.25, 0.3) is 0 Å². The molecule has 5 unspecified atom stereocenters. The van der Waals surface area contributed by atoms with Crippen molar-refractivity contribution in [1.29, 1.82) is 0 Å². The van der Waals surface area contributed by atoms with Crippen LogP contribution in [-0.4, -0.2) is 83.5 Å². The van der Waals surface area contributed by atoms with Crippen molar-refractivity contribution in [3.8, 4) is 0 Å². The minimum absolute atomic E-state index is 0. The summed E-state index contributed by atoms with van der Waals surface area (Å²) in [7, 11) is 4.77. The average molecular weight is 775 g/mol. The summed E-state index contributed by atoms with van der Waals surface area (Å²) in [6, 6.07) is 22.6. The van der Waals surface area contributed by atoms with Crippen molar-refractivity contribution in [2.24, 2.45) is 0 Å². The van der Waals surface area contributed by atoms with E-state index in [1.807, 2.05) is 66.7 Å². The van der Waals surface area contributed by atoms with Crippen LogP contribution >= 0.6 is 0 Å². The van der Waals surface area contributed by atoms with Crippen LogP contribution < -0.4 is 34.0 Å². The molecule has 4 aliphatic rings. The van der Waals surface area contributed by atoms with Gasteiger partial charge in [-0.3, -0.25) is 4.79 Å². The minimum atomic E-state index is -0.706. The zero-order valence-electron chi connectivity index (χ0n) is 29.0. The Kier molecular flexibility index (Phi) is 12.3. The second-order valence-corrected chi connectivity index (χ2v) is 15.3. The smallest absolute Gasteiger partial charge is 0.338 e. The summed E-state index contributed by atoms with van der Waals surface area (Å²) in [6.45, 7) is 9.27. The third kappa shape index (κ3) is 7.18. The van der Waals surface area contributed by atoms with Gasteiger partial charge in [-0.1, -0.05) is 66.7 Å². The lowest BCUT2D eigenvalue weighted by Gasteiger charge is -2.49. The zero-order valence-corrected chi connectivity index (χ0v) is 32.2. The van der Waals surface area contributed by atoms with Gasteiger partial charge in [0.05, 0.1) is 55.9 Å². The largest absolute Gasteiger partial charge is 1.00 e. The van der Waals surface area contributed by atoms with Gasteiger partial charge >= 0.3 is 11.9 Å². The Bertz CT molecular complexity index is 1370. The highest BCUT2D eigenvalue weighted by Gasteiger charge is 2.55. The molecule has 4 bridgehead atoms. The van der Waals surface area contributed by atoms with Crippen molar-refractivity contribution in [3.05, 3.63) is 77.9 Å². The van der Waals surface area contributed by atoms with Crippen LogP contribution in [0, 0.1) is 0 Å². The van der Waals surface area contributed by atoms with Crippen LogP contribution in [0.5, 0.6) is 0 Å². The summed E-state index contributed by atoms with van der Waals surface area (Å²) in [5.41, 5.74) is 2.03. The van der Waals surface area contributed by atoms with Crippen molar-refractivity contribution in [2.45, 2.75) is 133 Å². The van der Waals surface area contributed by atoms with Crippen molar-refractivity contribution >= 4 is 17.5 Å². The SMILES string of the molecule is CC(C)[N+]1(C)[C@@H]2CC[C@H]1CC(OC(=O)/C(=C/C(C(=O)OC1C[C@H]3CC[C@@H](C1)[N+]3(C)C(C)C)c1ccccc1)c1ccccc1)C2.[Br-].[Br-]. The monoisotopic (exact) mass is 772 g/mol. The molecule has 9 atom stereocenters. The molecule has 4 heterocycles. The lowest BCUT2D eigenvalue weighted by molar-refractivity contribution is -0.968. The maximum absolute atomic E-state index is 14.1. The number of esters is 2. The molecule has 8 heteroatoms. The van der Waals surface area contributed by atoms with E-state index < -0.39 is 5.92 Å². The summed E-state index contributed by atoms with van der Waals surface area (Å²) < 4.78 is 14.9. The van der Waals surface area contributed by atoms with Crippen LogP contribution in [0.2, 0.25) is 0 Å². The molecular weight excluding hydrogens is 720 g/mol. The van der Waals surface area contributed by atoms with E-state index >= 15 is 0 Å². The minimum Gasteiger partial charge on any atom is -1.00 e. The summed E-state index contributed by atoms with van der Waals surface area (Å²) in [4.78, 5) is 28.2. The Balaban J connectivity index is 0.00000250. The number of carbonyl (C=O) groups is 2. The standard InChI is InChI=1S/C39H54N2O4.2BrH/c1-26(2)40(5)30-17-18-31(40)22-34(21-30)44-38(42)36(28-13-9-7-10-14-28)25-37(29-15-11-8-12-16-29)39(43)45-35-23-32-19-20-33(24-35)41(32,6)27(3)4;;/h7-16,25-27,30-36H,17-24H2,1-6H3;2*1H/q+2;;/p-2/b37-25+;;/t30-,31+,32-,33+,34?,35?,36?,40?,41?;;. The Morgan fingerprint density at radius 3 is 1.49 bits per heavy atom. The van der Waals surface area contributed by atoms with Crippen molar-refractivity contribution in [2.75, 3.05) is 14.1 Å². The molecule has 0 N–H and O–H groups in total. The number of quaternary nitrogens is 2. The summed E-state index contributed by atoms with van der Waals surface area (Å²) in [5.74, 6) is -1.34. The second-order valence-electron chi connectivity index (χ2n) is 15.3. The number of fused-ring (bicyclic) bond motifs is 4. The lowest BCUT2D eigenvalue weighted by atomic mass is 9.92. The molecule has 0 aliphatic carbocycles. The van der Waals surface area contributed by atoms with Crippen LogP contribution in [0.15, 0.2) is 66.7 Å². The van der Waals surface area contributed by atoms with E-state index in [1.165, 1.54) is 25.7 Å². The molecule has 0 aromatic heterocycles. The van der Waals surface area contributed by atoms with E-state index in [0.717, 1.165) is 45.8 Å². The molecule has 6 rings (SSSR count). The van der Waals surface area contributed by atoms with Crippen LogP contribution in [0.3, 0.4) is 0 Å². The van der Waals surface area contributed by atoms with Gasteiger partial charge in [-0.25, -0.2) is 4.79 Å². The molecule has 0 saturated carbocycles. The number of rotatable bonds is 9. The van der Waals surface area contributed by atoms with E-state index in [9.17, 15) is 9.59 Å². The van der Waals surface area contributed by atoms with Gasteiger partial charge in [0.2, 0.25) is 0 Å². The van der Waals surface area contributed by atoms with E-state index in [-0.39, 0.29) is 58.1 Å². The van der Waals surface area contributed by atoms with Gasteiger partial charge in [-0.15, -0.1) is 0 Å². The Labute approximate surface area is 303 Å². The zero-order chi connectivity index (χ0) is 31.9. The fraction of sp³-hybridized carbons (Fsp3) is 0.590. The summed E-state index contributed by atoms with van der Waals surface area (Å²) in [6.07, 6.45) is 9.94. The number of ether oxygens (including phenoxy) is 2. The van der Waals surface area contributed by atoms with E-state index in [4.69, 9.17) is 9.47 Å². The molecule has 0 amide bonds. The van der Waals surface area contributed by atoms with Crippen LogP contribution in [0.4, 0.5) is 0 Å². The van der Waals surface area contributed by atoms with Gasteiger partial charge in [0.1, 0.15) is 18.1 Å². The Hall–Kier alpha value is -2.00. The Morgan fingerprint density at radius 1 is 0.660 bits per heavy atom. The fourth-order valence-corrected chi connectivity index (χ4v) is 9.62. The molecular formula is C39H54Br2N2O4. The lowest BCUT2D eigenvalue weighted by Crippen LogP contribution is -3.00. The summed E-state index contributed by atoms with van der Waals surface area (Å²) in [5, 5.41) is 0. The first kappa shape index (κ1) is 37.8. The molecule has 47 heavy (non-hydrogen) atoms. The molecule has 258 valence electrons. The molecule has 2 aromatic carbocycles. The van der Waals surface area contributed by atoms with Crippen molar-refractivity contribution < 1.29 is 62.0 Å². The Morgan fingerprint density at radius 2 is 1.06 bits per heavy atom. The predicted molar refractivity (Wildman–Crippen MR) is 178 cm³/mol. The summed E-state index contributed by atoms with van der Waals surface area (Å²) >= 11 is 0. The maximum Gasteiger partial charge on any atom is 0.338 e. The number of hydrogen-bond donors (Lipinski definition) is 0. The quantitative estimate of drug-likeness (QED) is 0.218. The van der Waals surface area contributed by atoms with Gasteiger partial charge in [0, 0.05) is 51.4 Å².